The molecular weight excluding hydrogens is 490 g/mol. The van der Waals surface area contributed by atoms with Crippen LogP contribution in [0.3, 0.4) is 0 Å². The van der Waals surface area contributed by atoms with E-state index in [0.717, 1.165) is 11.1 Å². The minimum Gasteiger partial charge on any atom is -0.484 e. The van der Waals surface area contributed by atoms with Crippen LogP contribution < -0.4 is 19.5 Å². The fourth-order valence-corrected chi connectivity index (χ4v) is 4.90. The summed E-state index contributed by atoms with van der Waals surface area (Å²) in [6, 6.07) is 15.4. The van der Waals surface area contributed by atoms with Gasteiger partial charge in [-0.3, -0.25) is 9.52 Å². The fourth-order valence-electron chi connectivity index (χ4n) is 3.09. The van der Waals surface area contributed by atoms with Crippen LogP contribution in [-0.2, 0) is 24.8 Å². The smallest absolute Gasteiger partial charge is 0.262 e. The Labute approximate surface area is 205 Å². The van der Waals surface area contributed by atoms with Crippen LogP contribution in [0, 0.1) is 20.8 Å². The molecule has 0 aromatic heterocycles. The Morgan fingerprint density at radius 2 is 1.40 bits per heavy atom. The van der Waals surface area contributed by atoms with Crippen molar-refractivity contribution in [1.29, 1.82) is 0 Å². The van der Waals surface area contributed by atoms with Gasteiger partial charge in [-0.2, -0.15) is 0 Å². The summed E-state index contributed by atoms with van der Waals surface area (Å²) in [6.07, 6.45) is 0. The van der Waals surface area contributed by atoms with Gasteiger partial charge >= 0.3 is 0 Å². The van der Waals surface area contributed by atoms with E-state index in [-0.39, 0.29) is 16.4 Å². The van der Waals surface area contributed by atoms with Gasteiger partial charge in [-0.1, -0.05) is 12.1 Å². The maximum atomic E-state index is 12.7. The van der Waals surface area contributed by atoms with Crippen LogP contribution in [-0.4, -0.2) is 36.4 Å². The number of carbonyl (C=O) groups excluding carboxylic acids is 1. The first-order valence-electron chi connectivity index (χ1n) is 10.6. The molecule has 1 amide bonds. The third kappa shape index (κ3) is 6.59. The molecule has 0 aliphatic carbocycles. The van der Waals surface area contributed by atoms with Crippen LogP contribution in [0.1, 0.15) is 16.7 Å². The van der Waals surface area contributed by atoms with E-state index in [1.54, 1.807) is 25.1 Å². The SMILES string of the molecule is CNS(=O)(=O)c1ccc(C)c(NC(=O)COc2ccc(S(=O)(=O)Nc3ccc(C)c(C)c3)cc2)c1. The molecule has 186 valence electrons. The maximum absolute atomic E-state index is 12.7. The summed E-state index contributed by atoms with van der Waals surface area (Å²) in [5.41, 5.74) is 3.52. The first-order valence-corrected chi connectivity index (χ1v) is 13.5. The van der Waals surface area contributed by atoms with E-state index in [1.165, 1.54) is 43.4 Å². The zero-order valence-corrected chi connectivity index (χ0v) is 21.4. The predicted molar refractivity (Wildman–Crippen MR) is 135 cm³/mol. The number of nitrogens with one attached hydrogen (secondary N) is 3. The normalized spacial score (nSPS) is 11.7. The number of sulfonamides is 2. The van der Waals surface area contributed by atoms with Gasteiger partial charge in [0.15, 0.2) is 6.61 Å². The summed E-state index contributed by atoms with van der Waals surface area (Å²) in [4.78, 5) is 12.4. The maximum Gasteiger partial charge on any atom is 0.262 e. The van der Waals surface area contributed by atoms with Gasteiger partial charge in [-0.05, 0) is 93.0 Å². The lowest BCUT2D eigenvalue weighted by Crippen LogP contribution is -2.22. The molecule has 0 aliphatic heterocycles. The zero-order chi connectivity index (χ0) is 25.8. The van der Waals surface area contributed by atoms with Crippen molar-refractivity contribution in [3.05, 3.63) is 77.4 Å². The third-order valence-electron chi connectivity index (χ3n) is 5.33. The number of amides is 1. The molecule has 0 saturated carbocycles. The van der Waals surface area contributed by atoms with Crippen molar-refractivity contribution >= 4 is 37.3 Å². The highest BCUT2D eigenvalue weighted by molar-refractivity contribution is 7.92. The highest BCUT2D eigenvalue weighted by atomic mass is 32.2. The summed E-state index contributed by atoms with van der Waals surface area (Å²) >= 11 is 0. The van der Waals surface area contributed by atoms with Crippen molar-refractivity contribution in [2.45, 2.75) is 30.6 Å². The second-order valence-electron chi connectivity index (χ2n) is 7.90. The highest BCUT2D eigenvalue weighted by Crippen LogP contribution is 2.22. The van der Waals surface area contributed by atoms with Crippen LogP contribution >= 0.6 is 0 Å². The number of carbonyl (C=O) groups is 1. The summed E-state index contributed by atoms with van der Waals surface area (Å²) in [6.45, 7) is 5.23. The standard InChI is InChI=1S/C24H27N3O6S2/c1-16-5-7-19(13-18(16)3)27-35(31,32)21-11-8-20(9-12-21)33-15-24(28)26-23-14-22(10-6-17(23)2)34(29,30)25-4/h5-14,25,27H,15H2,1-4H3,(H,26,28). The van der Waals surface area contributed by atoms with Gasteiger partial charge < -0.3 is 10.1 Å². The van der Waals surface area contributed by atoms with E-state index >= 15 is 0 Å². The van der Waals surface area contributed by atoms with Crippen LogP contribution in [0.25, 0.3) is 0 Å². The Balaban J connectivity index is 1.63. The Kier molecular flexibility index (Phi) is 7.83. The van der Waals surface area contributed by atoms with Crippen LogP contribution in [0.2, 0.25) is 0 Å². The number of benzene rings is 3. The van der Waals surface area contributed by atoms with Crippen molar-refractivity contribution in [3.63, 3.8) is 0 Å². The molecule has 9 nitrogen and oxygen atoms in total. The van der Waals surface area contributed by atoms with Crippen molar-refractivity contribution in [3.8, 4) is 5.75 Å². The van der Waals surface area contributed by atoms with E-state index in [9.17, 15) is 21.6 Å². The van der Waals surface area contributed by atoms with Crippen LogP contribution in [0.4, 0.5) is 11.4 Å². The van der Waals surface area contributed by atoms with Crippen molar-refractivity contribution < 1.29 is 26.4 Å². The predicted octanol–water partition coefficient (Wildman–Crippen LogP) is 3.34. The van der Waals surface area contributed by atoms with E-state index in [1.807, 2.05) is 19.9 Å². The minimum absolute atomic E-state index is 0.0213. The summed E-state index contributed by atoms with van der Waals surface area (Å²) in [5, 5.41) is 2.63. The van der Waals surface area contributed by atoms with Gasteiger partial charge in [0.25, 0.3) is 15.9 Å². The second-order valence-corrected chi connectivity index (χ2v) is 11.5. The highest BCUT2D eigenvalue weighted by Gasteiger charge is 2.16. The van der Waals surface area contributed by atoms with Crippen molar-refractivity contribution in [1.82, 2.24) is 4.72 Å². The van der Waals surface area contributed by atoms with E-state index < -0.39 is 26.0 Å². The second kappa shape index (κ2) is 10.5. The molecule has 0 radical (unpaired) electrons. The van der Waals surface area contributed by atoms with Gasteiger partial charge in [0.2, 0.25) is 10.0 Å². The topological polar surface area (TPSA) is 131 Å². The molecule has 3 aromatic rings. The molecule has 0 saturated heterocycles. The van der Waals surface area contributed by atoms with Crippen molar-refractivity contribution in [2.24, 2.45) is 0 Å². The molecule has 0 bridgehead atoms. The van der Waals surface area contributed by atoms with Gasteiger partial charge in [0.05, 0.1) is 9.79 Å². The lowest BCUT2D eigenvalue weighted by Gasteiger charge is -2.12. The molecule has 0 fully saturated rings. The molecule has 11 heteroatoms. The summed E-state index contributed by atoms with van der Waals surface area (Å²) in [5.74, 6) is -0.200. The Morgan fingerprint density at radius 3 is 2.03 bits per heavy atom. The van der Waals surface area contributed by atoms with Gasteiger partial charge in [0.1, 0.15) is 5.75 Å². The lowest BCUT2D eigenvalue weighted by molar-refractivity contribution is -0.118. The number of hydrogen-bond donors (Lipinski definition) is 3. The van der Waals surface area contributed by atoms with Gasteiger partial charge in [-0.25, -0.2) is 21.6 Å². The third-order valence-corrected chi connectivity index (χ3v) is 8.13. The summed E-state index contributed by atoms with van der Waals surface area (Å²) in [7, 11) is -6.15. The molecule has 0 unspecified atom stereocenters. The Hall–Kier alpha value is -3.41. The van der Waals surface area contributed by atoms with E-state index in [0.29, 0.717) is 22.7 Å². The number of hydrogen-bond acceptors (Lipinski definition) is 6. The van der Waals surface area contributed by atoms with E-state index in [4.69, 9.17) is 4.74 Å². The lowest BCUT2D eigenvalue weighted by atomic mass is 10.1. The zero-order valence-electron chi connectivity index (χ0n) is 19.7. The Bertz CT molecular complexity index is 1450. The van der Waals surface area contributed by atoms with Crippen LogP contribution in [0.5, 0.6) is 5.75 Å². The molecule has 3 rings (SSSR count). The van der Waals surface area contributed by atoms with Gasteiger partial charge in [-0.15, -0.1) is 0 Å². The van der Waals surface area contributed by atoms with Crippen LogP contribution in [0.15, 0.2) is 70.5 Å². The first kappa shape index (κ1) is 26.2. The molecule has 0 atom stereocenters. The van der Waals surface area contributed by atoms with E-state index in [2.05, 4.69) is 14.8 Å². The Morgan fingerprint density at radius 1 is 0.771 bits per heavy atom. The fraction of sp³-hybridized carbons (Fsp3) is 0.208. The minimum atomic E-state index is -3.79. The molecule has 3 N–H and O–H groups in total. The molecular formula is C24H27N3O6S2. The number of rotatable bonds is 9. The monoisotopic (exact) mass is 517 g/mol. The van der Waals surface area contributed by atoms with Crippen molar-refractivity contribution in [2.75, 3.05) is 23.7 Å². The summed E-state index contributed by atoms with van der Waals surface area (Å²) < 4.78 is 59.5. The molecule has 35 heavy (non-hydrogen) atoms. The largest absolute Gasteiger partial charge is 0.484 e. The van der Waals surface area contributed by atoms with Gasteiger partial charge in [0, 0.05) is 11.4 Å². The average molecular weight is 518 g/mol. The molecule has 0 aliphatic rings. The number of aryl methyl sites for hydroxylation is 3. The first-order chi connectivity index (χ1) is 16.4. The molecule has 0 heterocycles. The number of ether oxygens (including phenoxy) is 1. The average Bonchev–Trinajstić information content (AvgIpc) is 2.81. The molecule has 3 aromatic carbocycles. The molecule has 0 spiro atoms. The quantitative estimate of drug-likeness (QED) is 0.399. The number of anilines is 2.